The highest BCUT2D eigenvalue weighted by Gasteiger charge is 2.35. The monoisotopic (exact) mass is 358 g/mol. The van der Waals surface area contributed by atoms with Gasteiger partial charge in [0.1, 0.15) is 12.4 Å². The average molecular weight is 358 g/mol. The van der Waals surface area contributed by atoms with Gasteiger partial charge in [0.15, 0.2) is 5.82 Å². The lowest BCUT2D eigenvalue weighted by molar-refractivity contribution is -0.123. The molecule has 2 heterocycles. The van der Waals surface area contributed by atoms with E-state index >= 15 is 0 Å². The number of aliphatic hydroxyl groups excluding tert-OH is 1. The van der Waals surface area contributed by atoms with Gasteiger partial charge in [-0.15, -0.1) is 10.2 Å². The van der Waals surface area contributed by atoms with E-state index in [1.807, 2.05) is 41.8 Å². The average Bonchev–Trinajstić information content (AvgIpc) is 3.00. The van der Waals surface area contributed by atoms with Gasteiger partial charge in [-0.2, -0.15) is 0 Å². The maximum atomic E-state index is 12.2. The topological polar surface area (TPSA) is 96.2 Å². The van der Waals surface area contributed by atoms with Crippen LogP contribution in [0.3, 0.4) is 0 Å². The van der Waals surface area contributed by atoms with Crippen molar-refractivity contribution in [3.05, 3.63) is 41.7 Å². The number of carbonyl (C=O) groups is 1. The molecule has 0 aliphatic heterocycles. The third-order valence-corrected chi connectivity index (χ3v) is 4.77. The minimum Gasteiger partial charge on any atom is -0.388 e. The Balaban J connectivity index is 1.44. The quantitative estimate of drug-likeness (QED) is 0.720. The first-order chi connectivity index (χ1) is 12.6. The Morgan fingerprint density at radius 1 is 1.42 bits per heavy atom. The molecule has 2 N–H and O–H groups in total. The molecule has 0 saturated heterocycles. The molecule has 0 bridgehead atoms. The minimum absolute atomic E-state index is 0.0350. The summed E-state index contributed by atoms with van der Waals surface area (Å²) in [5.41, 5.74) is 1.09. The third kappa shape index (κ3) is 4.25. The van der Waals surface area contributed by atoms with E-state index in [0.717, 1.165) is 30.8 Å². The van der Waals surface area contributed by atoms with Crippen LogP contribution < -0.4 is 5.32 Å². The fourth-order valence-corrected chi connectivity index (χ4v) is 3.44. The SMILES string of the molecule is CCn1c(CO)nnc1C1CC(NC(=O)CN(C)Cc2cccnc2)C1. The minimum atomic E-state index is -0.100. The van der Waals surface area contributed by atoms with Crippen molar-refractivity contribution in [2.45, 2.75) is 51.4 Å². The number of amides is 1. The molecule has 0 unspecified atom stereocenters. The first kappa shape index (κ1) is 18.5. The first-order valence-electron chi connectivity index (χ1n) is 9.00. The van der Waals surface area contributed by atoms with Crippen LogP contribution in [0.15, 0.2) is 24.5 Å². The van der Waals surface area contributed by atoms with Crippen LogP contribution in [0, 0.1) is 0 Å². The molecule has 1 amide bonds. The van der Waals surface area contributed by atoms with Gasteiger partial charge >= 0.3 is 0 Å². The summed E-state index contributed by atoms with van der Waals surface area (Å²) in [5, 5.41) is 20.6. The molecule has 3 rings (SSSR count). The molecule has 8 nitrogen and oxygen atoms in total. The van der Waals surface area contributed by atoms with Crippen molar-refractivity contribution in [3.8, 4) is 0 Å². The maximum Gasteiger partial charge on any atom is 0.234 e. The molecule has 0 atom stereocenters. The van der Waals surface area contributed by atoms with Crippen molar-refractivity contribution in [2.24, 2.45) is 0 Å². The second-order valence-corrected chi connectivity index (χ2v) is 6.84. The van der Waals surface area contributed by atoms with Crippen molar-refractivity contribution < 1.29 is 9.90 Å². The van der Waals surface area contributed by atoms with Gasteiger partial charge in [0.25, 0.3) is 0 Å². The highest BCUT2D eigenvalue weighted by atomic mass is 16.3. The van der Waals surface area contributed by atoms with E-state index in [0.29, 0.717) is 24.8 Å². The van der Waals surface area contributed by atoms with Gasteiger partial charge in [0, 0.05) is 37.4 Å². The Labute approximate surface area is 153 Å². The van der Waals surface area contributed by atoms with E-state index in [-0.39, 0.29) is 18.6 Å². The zero-order valence-electron chi connectivity index (χ0n) is 15.3. The van der Waals surface area contributed by atoms with E-state index in [2.05, 4.69) is 20.5 Å². The molecule has 2 aromatic heterocycles. The van der Waals surface area contributed by atoms with Crippen LogP contribution in [0.4, 0.5) is 0 Å². The predicted molar refractivity (Wildman–Crippen MR) is 96.1 cm³/mol. The van der Waals surface area contributed by atoms with Crippen molar-refractivity contribution >= 4 is 5.91 Å². The lowest BCUT2D eigenvalue weighted by Crippen LogP contribution is -2.47. The summed E-state index contributed by atoms with van der Waals surface area (Å²) in [5.74, 6) is 1.84. The van der Waals surface area contributed by atoms with Crippen LogP contribution in [0.5, 0.6) is 0 Å². The zero-order chi connectivity index (χ0) is 18.5. The Bertz CT molecular complexity index is 727. The van der Waals surface area contributed by atoms with Crippen molar-refractivity contribution in [2.75, 3.05) is 13.6 Å². The smallest absolute Gasteiger partial charge is 0.234 e. The summed E-state index contributed by atoms with van der Waals surface area (Å²) in [6.45, 7) is 3.71. The van der Waals surface area contributed by atoms with Gasteiger partial charge in [-0.1, -0.05) is 6.07 Å². The number of carbonyl (C=O) groups excluding carboxylic acids is 1. The van der Waals surface area contributed by atoms with Crippen LogP contribution in [-0.4, -0.2) is 55.3 Å². The van der Waals surface area contributed by atoms with Gasteiger partial charge < -0.3 is 15.0 Å². The largest absolute Gasteiger partial charge is 0.388 e. The Morgan fingerprint density at radius 2 is 2.23 bits per heavy atom. The number of rotatable bonds is 8. The lowest BCUT2D eigenvalue weighted by Gasteiger charge is -2.35. The van der Waals surface area contributed by atoms with Gasteiger partial charge in [0.05, 0.1) is 6.54 Å². The lowest BCUT2D eigenvalue weighted by atomic mass is 9.79. The number of likely N-dealkylation sites (N-methyl/N-ethyl adjacent to an activating group) is 1. The van der Waals surface area contributed by atoms with Crippen molar-refractivity contribution in [1.82, 2.24) is 30.0 Å². The van der Waals surface area contributed by atoms with Crippen molar-refractivity contribution in [3.63, 3.8) is 0 Å². The molecular formula is C18H26N6O2. The number of nitrogens with one attached hydrogen (secondary N) is 1. The summed E-state index contributed by atoms with van der Waals surface area (Å²) in [6, 6.07) is 4.08. The molecule has 1 aliphatic rings. The summed E-state index contributed by atoms with van der Waals surface area (Å²) in [4.78, 5) is 18.3. The molecule has 1 fully saturated rings. The maximum absolute atomic E-state index is 12.2. The number of nitrogens with zero attached hydrogens (tertiary/aromatic N) is 5. The highest BCUT2D eigenvalue weighted by Crippen LogP contribution is 2.36. The first-order valence-corrected chi connectivity index (χ1v) is 9.00. The third-order valence-electron chi connectivity index (χ3n) is 4.77. The van der Waals surface area contributed by atoms with Crippen LogP contribution in [-0.2, 0) is 24.5 Å². The summed E-state index contributed by atoms with van der Waals surface area (Å²) in [7, 11) is 1.93. The Kier molecular flexibility index (Phi) is 5.95. The number of hydrogen-bond acceptors (Lipinski definition) is 6. The van der Waals surface area contributed by atoms with E-state index in [9.17, 15) is 9.90 Å². The van der Waals surface area contributed by atoms with Crippen molar-refractivity contribution in [1.29, 1.82) is 0 Å². The fourth-order valence-electron chi connectivity index (χ4n) is 3.44. The van der Waals surface area contributed by atoms with Crippen LogP contribution >= 0.6 is 0 Å². The molecule has 1 aliphatic carbocycles. The summed E-state index contributed by atoms with van der Waals surface area (Å²) in [6.07, 6.45) is 5.28. The normalized spacial score (nSPS) is 19.4. The zero-order valence-corrected chi connectivity index (χ0v) is 15.3. The molecule has 0 aromatic carbocycles. The molecule has 2 aromatic rings. The van der Waals surface area contributed by atoms with Crippen LogP contribution in [0.1, 0.15) is 42.9 Å². The van der Waals surface area contributed by atoms with Gasteiger partial charge in [-0.25, -0.2) is 0 Å². The molecule has 0 spiro atoms. The molecule has 0 radical (unpaired) electrons. The van der Waals surface area contributed by atoms with Crippen LogP contribution in [0.25, 0.3) is 0 Å². The molecule has 26 heavy (non-hydrogen) atoms. The van der Waals surface area contributed by atoms with Gasteiger partial charge in [0.2, 0.25) is 5.91 Å². The second-order valence-electron chi connectivity index (χ2n) is 6.84. The van der Waals surface area contributed by atoms with E-state index in [1.165, 1.54) is 0 Å². The second kappa shape index (κ2) is 8.37. The standard InChI is InChI=1S/C18H26N6O2/c1-3-24-16(12-25)21-22-18(24)14-7-15(8-14)20-17(26)11-23(2)10-13-5-4-6-19-9-13/h4-6,9,14-15,25H,3,7-8,10-12H2,1-2H3,(H,20,26). The molecule has 140 valence electrons. The number of aliphatic hydroxyl groups is 1. The summed E-state index contributed by atoms with van der Waals surface area (Å²) >= 11 is 0. The number of aromatic nitrogens is 4. The van der Waals surface area contributed by atoms with E-state index in [4.69, 9.17) is 0 Å². The molecular weight excluding hydrogens is 332 g/mol. The number of hydrogen-bond donors (Lipinski definition) is 2. The van der Waals surface area contributed by atoms with Gasteiger partial charge in [-0.3, -0.25) is 14.7 Å². The van der Waals surface area contributed by atoms with Crippen LogP contribution in [0.2, 0.25) is 0 Å². The Morgan fingerprint density at radius 3 is 2.88 bits per heavy atom. The predicted octanol–water partition coefficient (Wildman–Crippen LogP) is 0.679. The molecule has 1 saturated carbocycles. The van der Waals surface area contributed by atoms with E-state index in [1.54, 1.807) is 6.20 Å². The molecule has 8 heteroatoms. The van der Waals surface area contributed by atoms with E-state index < -0.39 is 0 Å². The van der Waals surface area contributed by atoms with Gasteiger partial charge in [-0.05, 0) is 38.4 Å². The Hall–Kier alpha value is -2.32. The highest BCUT2D eigenvalue weighted by molar-refractivity contribution is 5.78. The summed E-state index contributed by atoms with van der Waals surface area (Å²) < 4.78 is 1.96. The number of pyridine rings is 1. The fraction of sp³-hybridized carbons (Fsp3) is 0.556.